The molecular weight excluding hydrogens is 228 g/mol. The first-order valence-corrected chi connectivity index (χ1v) is 6.72. The van der Waals surface area contributed by atoms with Crippen LogP contribution in [-0.2, 0) is 6.42 Å². The van der Waals surface area contributed by atoms with E-state index >= 15 is 0 Å². The molecule has 0 bridgehead atoms. The zero-order valence-electron chi connectivity index (χ0n) is 11.1. The first-order valence-electron chi connectivity index (χ1n) is 6.72. The number of carbonyl (C=O) groups excluding carboxylic acids is 1. The summed E-state index contributed by atoms with van der Waals surface area (Å²) in [5.41, 5.74) is 1.84. The van der Waals surface area contributed by atoms with Crippen molar-refractivity contribution in [3.8, 4) is 11.5 Å². The number of rotatable bonds is 6. The van der Waals surface area contributed by atoms with E-state index < -0.39 is 0 Å². The van der Waals surface area contributed by atoms with Crippen molar-refractivity contribution in [1.29, 1.82) is 0 Å². The Morgan fingerprint density at radius 2 is 1.78 bits per heavy atom. The Labute approximate surface area is 108 Å². The van der Waals surface area contributed by atoms with Crippen molar-refractivity contribution in [3.63, 3.8) is 0 Å². The third kappa shape index (κ3) is 2.50. The molecular formula is C15H20O3. The monoisotopic (exact) mass is 248 g/mol. The molecule has 1 aliphatic rings. The minimum absolute atomic E-state index is 0.216. The van der Waals surface area contributed by atoms with Gasteiger partial charge in [-0.05, 0) is 31.4 Å². The van der Waals surface area contributed by atoms with Crippen LogP contribution < -0.4 is 9.47 Å². The van der Waals surface area contributed by atoms with Crippen LogP contribution in [0.3, 0.4) is 0 Å². The van der Waals surface area contributed by atoms with Crippen LogP contribution >= 0.6 is 0 Å². The maximum Gasteiger partial charge on any atom is 0.165 e. The van der Waals surface area contributed by atoms with Gasteiger partial charge < -0.3 is 9.47 Å². The standard InChI is InChI=1S/C15H20O3/c1-3-9-17-14-8-6-11-12(5-7-13(11)16)15(14)18-10-4-2/h6,8H,3-5,7,9-10H2,1-2H3. The Balaban J connectivity index is 2.32. The fraction of sp³-hybridized carbons (Fsp3) is 0.533. The number of hydrogen-bond acceptors (Lipinski definition) is 3. The third-order valence-corrected chi connectivity index (χ3v) is 3.04. The Kier molecular flexibility index (Phi) is 4.24. The van der Waals surface area contributed by atoms with Crippen molar-refractivity contribution in [3.05, 3.63) is 23.3 Å². The van der Waals surface area contributed by atoms with E-state index in [4.69, 9.17) is 9.47 Å². The fourth-order valence-corrected chi connectivity index (χ4v) is 2.18. The van der Waals surface area contributed by atoms with Gasteiger partial charge in [0.15, 0.2) is 17.3 Å². The van der Waals surface area contributed by atoms with Gasteiger partial charge in [-0.25, -0.2) is 0 Å². The van der Waals surface area contributed by atoms with Gasteiger partial charge in [-0.3, -0.25) is 4.79 Å². The Morgan fingerprint density at radius 1 is 1.06 bits per heavy atom. The van der Waals surface area contributed by atoms with Gasteiger partial charge in [-0.15, -0.1) is 0 Å². The third-order valence-electron chi connectivity index (χ3n) is 3.04. The van der Waals surface area contributed by atoms with Gasteiger partial charge in [0, 0.05) is 17.5 Å². The summed E-state index contributed by atoms with van der Waals surface area (Å²) in [7, 11) is 0. The largest absolute Gasteiger partial charge is 0.490 e. The summed E-state index contributed by atoms with van der Waals surface area (Å²) in [5.74, 6) is 1.78. The maximum atomic E-state index is 11.7. The highest BCUT2D eigenvalue weighted by molar-refractivity contribution is 6.01. The summed E-state index contributed by atoms with van der Waals surface area (Å²) in [6.07, 6.45) is 3.28. The molecule has 0 fully saturated rings. The van der Waals surface area contributed by atoms with Crippen LogP contribution in [0.25, 0.3) is 0 Å². The molecule has 3 heteroatoms. The molecule has 18 heavy (non-hydrogen) atoms. The van der Waals surface area contributed by atoms with Crippen molar-refractivity contribution >= 4 is 5.78 Å². The summed E-state index contributed by atoms with van der Waals surface area (Å²) >= 11 is 0. The van der Waals surface area contributed by atoms with Gasteiger partial charge in [-0.1, -0.05) is 13.8 Å². The summed E-state index contributed by atoms with van der Waals surface area (Å²) in [6, 6.07) is 3.73. The first-order chi connectivity index (χ1) is 8.77. The molecule has 0 saturated carbocycles. The lowest BCUT2D eigenvalue weighted by Gasteiger charge is -2.15. The molecule has 0 atom stereocenters. The molecule has 0 N–H and O–H groups in total. The Bertz CT molecular complexity index is 438. The van der Waals surface area contributed by atoms with Crippen molar-refractivity contribution in [2.75, 3.05) is 13.2 Å². The molecule has 0 saturated heterocycles. The van der Waals surface area contributed by atoms with E-state index in [9.17, 15) is 4.79 Å². The number of hydrogen-bond donors (Lipinski definition) is 0. The number of carbonyl (C=O) groups is 1. The lowest BCUT2D eigenvalue weighted by molar-refractivity contribution is 0.0994. The van der Waals surface area contributed by atoms with Gasteiger partial charge in [0.25, 0.3) is 0 Å². The quantitative estimate of drug-likeness (QED) is 0.774. The van der Waals surface area contributed by atoms with E-state index in [1.54, 1.807) is 0 Å². The van der Waals surface area contributed by atoms with Crippen molar-refractivity contribution in [2.24, 2.45) is 0 Å². The molecule has 2 rings (SSSR count). The van der Waals surface area contributed by atoms with Crippen LogP contribution in [0.5, 0.6) is 11.5 Å². The number of ketones is 1. The van der Waals surface area contributed by atoms with Crippen molar-refractivity contribution in [1.82, 2.24) is 0 Å². The summed E-state index contributed by atoms with van der Waals surface area (Å²) in [5, 5.41) is 0. The molecule has 0 unspecified atom stereocenters. The molecule has 98 valence electrons. The van der Waals surface area contributed by atoms with Crippen LogP contribution in [-0.4, -0.2) is 19.0 Å². The molecule has 0 heterocycles. The minimum Gasteiger partial charge on any atom is -0.490 e. The normalized spacial score (nSPS) is 13.6. The highest BCUT2D eigenvalue weighted by Gasteiger charge is 2.25. The Hall–Kier alpha value is -1.51. The van der Waals surface area contributed by atoms with E-state index in [1.807, 2.05) is 12.1 Å². The lowest BCUT2D eigenvalue weighted by Crippen LogP contribution is -2.04. The van der Waals surface area contributed by atoms with Crippen LogP contribution in [0.2, 0.25) is 0 Å². The summed E-state index contributed by atoms with van der Waals surface area (Å²) in [6.45, 7) is 5.48. The molecule has 0 amide bonds. The van der Waals surface area contributed by atoms with Gasteiger partial charge in [-0.2, -0.15) is 0 Å². The zero-order valence-corrected chi connectivity index (χ0v) is 11.1. The van der Waals surface area contributed by atoms with E-state index in [-0.39, 0.29) is 5.78 Å². The summed E-state index contributed by atoms with van der Waals surface area (Å²) < 4.78 is 11.5. The molecule has 3 nitrogen and oxygen atoms in total. The molecule has 0 spiro atoms. The van der Waals surface area contributed by atoms with E-state index in [0.29, 0.717) is 19.6 Å². The fourth-order valence-electron chi connectivity index (χ4n) is 2.18. The predicted octanol–water partition coefficient (Wildman–Crippen LogP) is 3.39. The van der Waals surface area contributed by atoms with Crippen LogP contribution in [0.1, 0.15) is 49.0 Å². The highest BCUT2D eigenvalue weighted by Crippen LogP contribution is 2.38. The minimum atomic E-state index is 0.216. The van der Waals surface area contributed by atoms with Crippen LogP contribution in [0.4, 0.5) is 0 Å². The van der Waals surface area contributed by atoms with Crippen molar-refractivity contribution < 1.29 is 14.3 Å². The zero-order chi connectivity index (χ0) is 13.0. The van der Waals surface area contributed by atoms with E-state index in [2.05, 4.69) is 13.8 Å². The highest BCUT2D eigenvalue weighted by atomic mass is 16.5. The van der Waals surface area contributed by atoms with Gasteiger partial charge >= 0.3 is 0 Å². The van der Waals surface area contributed by atoms with Gasteiger partial charge in [0.1, 0.15) is 0 Å². The van der Waals surface area contributed by atoms with E-state index in [0.717, 1.165) is 41.9 Å². The van der Waals surface area contributed by atoms with Crippen LogP contribution in [0, 0.1) is 0 Å². The second kappa shape index (κ2) is 5.89. The smallest absolute Gasteiger partial charge is 0.165 e. The molecule has 1 aromatic carbocycles. The maximum absolute atomic E-state index is 11.7. The SMILES string of the molecule is CCCOc1ccc2c(c1OCCC)CCC2=O. The second-order valence-electron chi connectivity index (χ2n) is 4.54. The topological polar surface area (TPSA) is 35.5 Å². The molecule has 1 aliphatic carbocycles. The molecule has 0 radical (unpaired) electrons. The van der Waals surface area contributed by atoms with Gasteiger partial charge in [0.2, 0.25) is 0 Å². The van der Waals surface area contributed by atoms with Crippen LogP contribution in [0.15, 0.2) is 12.1 Å². The van der Waals surface area contributed by atoms with Crippen molar-refractivity contribution in [2.45, 2.75) is 39.5 Å². The molecule has 1 aromatic rings. The average molecular weight is 248 g/mol. The molecule has 0 aromatic heterocycles. The number of fused-ring (bicyclic) bond motifs is 1. The first kappa shape index (κ1) is 12.9. The Morgan fingerprint density at radius 3 is 2.50 bits per heavy atom. The summed E-state index contributed by atoms with van der Waals surface area (Å²) in [4.78, 5) is 11.7. The number of ether oxygens (including phenoxy) is 2. The van der Waals surface area contributed by atoms with E-state index in [1.165, 1.54) is 0 Å². The number of Topliss-reactive ketones (excluding diaryl/α,β-unsaturated/α-hetero) is 1. The lowest BCUT2D eigenvalue weighted by atomic mass is 10.1. The van der Waals surface area contributed by atoms with Gasteiger partial charge in [0.05, 0.1) is 13.2 Å². The second-order valence-corrected chi connectivity index (χ2v) is 4.54. The average Bonchev–Trinajstić information content (AvgIpc) is 2.76. The molecule has 0 aliphatic heterocycles. The number of benzene rings is 1. The predicted molar refractivity (Wildman–Crippen MR) is 70.7 cm³/mol.